The van der Waals surface area contributed by atoms with Crippen LogP contribution in [0.2, 0.25) is 0 Å². The van der Waals surface area contributed by atoms with E-state index in [1.807, 2.05) is 6.07 Å². The van der Waals surface area contributed by atoms with Gasteiger partial charge in [-0.3, -0.25) is 0 Å². The van der Waals surface area contributed by atoms with Gasteiger partial charge >= 0.3 is 0 Å². The predicted molar refractivity (Wildman–Crippen MR) is 77.1 cm³/mol. The second-order valence-corrected chi connectivity index (χ2v) is 4.49. The van der Waals surface area contributed by atoms with Gasteiger partial charge in [-0.15, -0.1) is 0 Å². The van der Waals surface area contributed by atoms with Crippen LogP contribution in [-0.2, 0) is 6.54 Å². The molecule has 0 saturated carbocycles. The third kappa shape index (κ3) is 5.17. The van der Waals surface area contributed by atoms with Crippen LogP contribution in [-0.4, -0.2) is 38.2 Å². The average Bonchev–Trinajstić information content (AvgIpc) is 2.44. The summed E-state index contributed by atoms with van der Waals surface area (Å²) >= 11 is 0. The number of benzene rings is 1. The lowest BCUT2D eigenvalue weighted by Crippen LogP contribution is -2.27. The van der Waals surface area contributed by atoms with E-state index in [2.05, 4.69) is 24.1 Å². The van der Waals surface area contributed by atoms with E-state index in [1.165, 1.54) is 7.11 Å². The summed E-state index contributed by atoms with van der Waals surface area (Å²) in [5, 5.41) is 3.28. The Morgan fingerprint density at radius 2 is 2.00 bits per heavy atom. The van der Waals surface area contributed by atoms with Crippen molar-refractivity contribution >= 4 is 0 Å². The molecule has 0 unspecified atom stereocenters. The van der Waals surface area contributed by atoms with Crippen LogP contribution in [0.15, 0.2) is 18.2 Å². The fourth-order valence-corrected chi connectivity index (χ4v) is 2.04. The maximum absolute atomic E-state index is 13.8. The number of methoxy groups -OCH3 is 1. The zero-order valence-corrected chi connectivity index (χ0v) is 12.2. The number of nitrogens with one attached hydrogen (secondary N) is 1. The normalized spacial score (nSPS) is 11.0. The Kier molecular flexibility index (Phi) is 7.45. The number of hydrogen-bond acceptors (Lipinski definition) is 3. The Balaban J connectivity index is 2.30. The first kappa shape index (κ1) is 15.9. The zero-order valence-electron chi connectivity index (χ0n) is 12.2. The first-order valence-electron chi connectivity index (χ1n) is 6.97. The van der Waals surface area contributed by atoms with E-state index >= 15 is 0 Å². The van der Waals surface area contributed by atoms with Gasteiger partial charge in [0.2, 0.25) is 0 Å². The van der Waals surface area contributed by atoms with Gasteiger partial charge in [0.1, 0.15) is 0 Å². The van der Waals surface area contributed by atoms with Crippen molar-refractivity contribution in [3.8, 4) is 5.75 Å². The van der Waals surface area contributed by atoms with Gasteiger partial charge in [0.15, 0.2) is 11.6 Å². The van der Waals surface area contributed by atoms with Crippen LogP contribution in [0.4, 0.5) is 4.39 Å². The molecule has 19 heavy (non-hydrogen) atoms. The molecule has 3 nitrogen and oxygen atoms in total. The Labute approximate surface area is 115 Å². The molecular weight excluding hydrogens is 243 g/mol. The Morgan fingerprint density at radius 3 is 2.63 bits per heavy atom. The topological polar surface area (TPSA) is 24.5 Å². The van der Waals surface area contributed by atoms with Crippen molar-refractivity contribution in [3.63, 3.8) is 0 Å². The Hall–Kier alpha value is -1.13. The van der Waals surface area contributed by atoms with Gasteiger partial charge in [-0.25, -0.2) is 4.39 Å². The van der Waals surface area contributed by atoms with E-state index in [1.54, 1.807) is 12.1 Å². The van der Waals surface area contributed by atoms with Gasteiger partial charge in [0.05, 0.1) is 7.11 Å². The highest BCUT2D eigenvalue weighted by Crippen LogP contribution is 2.19. The van der Waals surface area contributed by atoms with Crippen molar-refractivity contribution in [1.82, 2.24) is 10.2 Å². The molecule has 0 radical (unpaired) electrons. The smallest absolute Gasteiger partial charge is 0.169 e. The van der Waals surface area contributed by atoms with E-state index in [0.717, 1.165) is 32.6 Å². The summed E-state index contributed by atoms with van der Waals surface area (Å²) < 4.78 is 18.8. The lowest BCUT2D eigenvalue weighted by atomic mass is 10.2. The summed E-state index contributed by atoms with van der Waals surface area (Å²) in [7, 11) is 1.49. The molecule has 1 aromatic carbocycles. The Bertz CT molecular complexity index is 367. The molecule has 0 bridgehead atoms. The molecule has 108 valence electrons. The van der Waals surface area contributed by atoms with Crippen molar-refractivity contribution in [2.75, 3.05) is 33.3 Å². The van der Waals surface area contributed by atoms with E-state index < -0.39 is 0 Å². The van der Waals surface area contributed by atoms with Crippen molar-refractivity contribution in [2.24, 2.45) is 0 Å². The molecule has 0 aliphatic rings. The summed E-state index contributed by atoms with van der Waals surface area (Å²) in [5.74, 6) is 0.0451. The van der Waals surface area contributed by atoms with Gasteiger partial charge in [0, 0.05) is 12.1 Å². The van der Waals surface area contributed by atoms with Gasteiger partial charge in [-0.2, -0.15) is 0 Å². The number of rotatable bonds is 9. The van der Waals surface area contributed by atoms with Crippen LogP contribution in [0.5, 0.6) is 5.75 Å². The van der Waals surface area contributed by atoms with Crippen molar-refractivity contribution in [2.45, 2.75) is 26.8 Å². The van der Waals surface area contributed by atoms with Crippen LogP contribution in [0, 0.1) is 5.82 Å². The zero-order chi connectivity index (χ0) is 14.1. The maximum atomic E-state index is 13.8. The van der Waals surface area contributed by atoms with Gasteiger partial charge in [-0.1, -0.05) is 26.0 Å². The first-order chi connectivity index (χ1) is 9.22. The molecule has 0 aromatic heterocycles. The summed E-state index contributed by atoms with van der Waals surface area (Å²) in [5.41, 5.74) is 0.655. The molecule has 1 N–H and O–H groups in total. The number of nitrogens with zero attached hydrogens (tertiary/aromatic N) is 1. The van der Waals surface area contributed by atoms with Crippen LogP contribution >= 0.6 is 0 Å². The molecule has 0 aliphatic carbocycles. The summed E-state index contributed by atoms with van der Waals surface area (Å²) in [6, 6.07) is 5.24. The molecule has 0 fully saturated rings. The molecule has 0 heterocycles. The molecule has 0 saturated heterocycles. The van der Waals surface area contributed by atoms with Crippen molar-refractivity contribution < 1.29 is 9.13 Å². The van der Waals surface area contributed by atoms with Crippen LogP contribution < -0.4 is 10.1 Å². The molecule has 0 aliphatic heterocycles. The SMILES string of the molecule is CCN(CC)CCCNCc1cccc(OC)c1F. The summed E-state index contributed by atoms with van der Waals surface area (Å²) in [4.78, 5) is 2.38. The van der Waals surface area contributed by atoms with Crippen molar-refractivity contribution in [3.05, 3.63) is 29.6 Å². The third-order valence-electron chi connectivity index (χ3n) is 3.30. The summed E-state index contributed by atoms with van der Waals surface area (Å²) in [6.07, 6.45) is 1.08. The number of halogens is 1. The van der Waals surface area contributed by atoms with Gasteiger partial charge in [0.25, 0.3) is 0 Å². The lowest BCUT2D eigenvalue weighted by Gasteiger charge is -2.17. The minimum atomic E-state index is -0.263. The highest BCUT2D eigenvalue weighted by atomic mass is 19.1. The minimum absolute atomic E-state index is 0.263. The fraction of sp³-hybridized carbons (Fsp3) is 0.600. The van der Waals surface area contributed by atoms with Crippen LogP contribution in [0.25, 0.3) is 0 Å². The second-order valence-electron chi connectivity index (χ2n) is 4.49. The Morgan fingerprint density at radius 1 is 1.26 bits per heavy atom. The standard InChI is InChI=1S/C15H25FN2O/c1-4-18(5-2)11-7-10-17-12-13-8-6-9-14(19-3)15(13)16/h6,8-9,17H,4-5,7,10-12H2,1-3H3. The molecule has 4 heteroatoms. The van der Waals surface area contributed by atoms with Gasteiger partial charge in [-0.05, 0) is 38.7 Å². The van der Waals surface area contributed by atoms with Crippen LogP contribution in [0.1, 0.15) is 25.8 Å². The van der Waals surface area contributed by atoms with E-state index in [-0.39, 0.29) is 5.82 Å². The first-order valence-corrected chi connectivity index (χ1v) is 6.97. The van der Waals surface area contributed by atoms with Crippen molar-refractivity contribution in [1.29, 1.82) is 0 Å². The average molecular weight is 268 g/mol. The number of ether oxygens (including phenoxy) is 1. The molecule has 1 aromatic rings. The minimum Gasteiger partial charge on any atom is -0.494 e. The van der Waals surface area contributed by atoms with E-state index in [0.29, 0.717) is 17.9 Å². The molecular formula is C15H25FN2O. The van der Waals surface area contributed by atoms with E-state index in [4.69, 9.17) is 4.74 Å². The predicted octanol–water partition coefficient (Wildman–Crippen LogP) is 2.66. The summed E-state index contributed by atoms with van der Waals surface area (Å²) in [6.45, 7) is 9.03. The molecule has 0 atom stereocenters. The highest BCUT2D eigenvalue weighted by molar-refractivity contribution is 5.30. The lowest BCUT2D eigenvalue weighted by molar-refractivity contribution is 0.298. The molecule has 0 spiro atoms. The monoisotopic (exact) mass is 268 g/mol. The largest absolute Gasteiger partial charge is 0.494 e. The maximum Gasteiger partial charge on any atom is 0.169 e. The quantitative estimate of drug-likeness (QED) is 0.697. The molecule has 0 amide bonds. The fourth-order valence-electron chi connectivity index (χ4n) is 2.04. The van der Waals surface area contributed by atoms with Crippen LogP contribution in [0.3, 0.4) is 0 Å². The highest BCUT2D eigenvalue weighted by Gasteiger charge is 2.07. The third-order valence-corrected chi connectivity index (χ3v) is 3.30. The van der Waals surface area contributed by atoms with Gasteiger partial charge < -0.3 is 15.0 Å². The number of hydrogen-bond donors (Lipinski definition) is 1. The van der Waals surface area contributed by atoms with E-state index in [9.17, 15) is 4.39 Å². The molecule has 1 rings (SSSR count). The second kappa shape index (κ2) is 8.88.